The molecule has 5 rings (SSSR count). The Balaban J connectivity index is 1.48. The van der Waals surface area contributed by atoms with Crippen LogP contribution in [0.4, 0.5) is 0 Å². The van der Waals surface area contributed by atoms with Gasteiger partial charge in [0, 0.05) is 17.1 Å². The van der Waals surface area contributed by atoms with Crippen LogP contribution in [0.5, 0.6) is 11.5 Å². The minimum absolute atomic E-state index is 0.0272. The van der Waals surface area contributed by atoms with Gasteiger partial charge in [0.1, 0.15) is 18.2 Å². The van der Waals surface area contributed by atoms with E-state index in [1.807, 2.05) is 98.9 Å². The van der Waals surface area contributed by atoms with Gasteiger partial charge in [-0.3, -0.25) is 14.9 Å². The molecule has 1 unspecified atom stereocenters. The molecule has 8 heteroatoms. The Morgan fingerprint density at radius 3 is 2.42 bits per heavy atom. The number of fused-ring (bicyclic) bond motifs is 1. The summed E-state index contributed by atoms with van der Waals surface area (Å²) < 4.78 is 17.0. The highest BCUT2D eigenvalue weighted by Gasteiger charge is 2.22. The van der Waals surface area contributed by atoms with E-state index in [0.29, 0.717) is 16.4 Å². The molecule has 0 radical (unpaired) electrons. The first kappa shape index (κ1) is 23.4. The second-order valence-electron chi connectivity index (χ2n) is 8.41. The molecule has 0 aliphatic heterocycles. The molecule has 0 fully saturated rings. The van der Waals surface area contributed by atoms with Crippen LogP contribution in [-0.4, -0.2) is 21.8 Å². The number of hydrogen-bond acceptors (Lipinski definition) is 5. The summed E-state index contributed by atoms with van der Waals surface area (Å²) in [5, 5.41) is 8.68. The van der Waals surface area contributed by atoms with Crippen LogP contribution >= 0.6 is 11.3 Å². The van der Waals surface area contributed by atoms with Crippen LogP contribution in [0.2, 0.25) is 0 Å². The number of rotatable bonds is 8. The molecule has 2 aromatic heterocycles. The maximum absolute atomic E-state index is 13.3. The van der Waals surface area contributed by atoms with Crippen molar-refractivity contribution in [1.29, 1.82) is 5.41 Å². The Bertz CT molecular complexity index is 1590. The third-order valence-electron chi connectivity index (χ3n) is 6.11. The molecule has 5 aromatic rings. The number of benzene rings is 3. The van der Waals surface area contributed by atoms with E-state index in [9.17, 15) is 4.79 Å². The van der Waals surface area contributed by atoms with Crippen LogP contribution in [0, 0.1) is 12.3 Å². The number of aromatic nitrogens is 2. The second-order valence-corrected chi connectivity index (χ2v) is 9.49. The first-order chi connectivity index (χ1) is 17.4. The van der Waals surface area contributed by atoms with Crippen molar-refractivity contribution in [3.63, 3.8) is 0 Å². The third kappa shape index (κ3) is 4.38. The van der Waals surface area contributed by atoms with Crippen LogP contribution in [0.15, 0.2) is 89.7 Å². The lowest BCUT2D eigenvalue weighted by Crippen LogP contribution is -2.22. The highest BCUT2D eigenvalue weighted by atomic mass is 32.1. The fourth-order valence-electron chi connectivity index (χ4n) is 4.16. The fourth-order valence-corrected chi connectivity index (χ4v) is 5.10. The summed E-state index contributed by atoms with van der Waals surface area (Å²) in [4.78, 5) is 14.0. The summed E-state index contributed by atoms with van der Waals surface area (Å²) in [5.41, 5.74) is 7.91. The predicted molar refractivity (Wildman–Crippen MR) is 144 cm³/mol. The molecule has 3 N–H and O–H groups in total. The molecule has 0 aliphatic rings. The van der Waals surface area contributed by atoms with Crippen molar-refractivity contribution in [2.45, 2.75) is 13.0 Å². The zero-order valence-electron chi connectivity index (χ0n) is 20.0. The van der Waals surface area contributed by atoms with Crippen LogP contribution in [0.25, 0.3) is 15.8 Å². The van der Waals surface area contributed by atoms with E-state index in [0.717, 1.165) is 27.0 Å². The van der Waals surface area contributed by atoms with Crippen molar-refractivity contribution in [3.05, 3.63) is 111 Å². The second kappa shape index (κ2) is 9.75. The average molecular weight is 499 g/mol. The van der Waals surface area contributed by atoms with Gasteiger partial charge < -0.3 is 15.2 Å². The number of thiophene rings is 1. The van der Waals surface area contributed by atoms with Crippen molar-refractivity contribution in [1.82, 2.24) is 9.36 Å². The largest absolute Gasteiger partial charge is 0.482 e. The average Bonchev–Trinajstić information content (AvgIpc) is 3.43. The van der Waals surface area contributed by atoms with E-state index in [4.69, 9.17) is 20.6 Å². The fraction of sp³-hybridized carbons (Fsp3) is 0.143. The summed E-state index contributed by atoms with van der Waals surface area (Å²) in [6.07, 6.45) is -0.471. The van der Waals surface area contributed by atoms with E-state index >= 15 is 0 Å². The highest BCUT2D eigenvalue weighted by Crippen LogP contribution is 2.35. The molecule has 2 heterocycles. The molecule has 3 aromatic carbocycles. The molecular formula is C28H26N4O3S. The van der Waals surface area contributed by atoms with Crippen molar-refractivity contribution in [3.8, 4) is 17.2 Å². The van der Waals surface area contributed by atoms with E-state index in [1.165, 1.54) is 11.3 Å². The van der Waals surface area contributed by atoms with Gasteiger partial charge in [-0.25, -0.2) is 4.68 Å². The molecule has 182 valence electrons. The monoisotopic (exact) mass is 498 g/mol. The summed E-state index contributed by atoms with van der Waals surface area (Å²) in [6, 6.07) is 26.9. The maximum Gasteiger partial charge on any atom is 0.314 e. The lowest BCUT2D eigenvalue weighted by atomic mass is 10.1. The number of nitrogens with zero attached hydrogens (tertiary/aromatic N) is 2. The molecule has 36 heavy (non-hydrogen) atoms. The Morgan fingerprint density at radius 1 is 1.03 bits per heavy atom. The van der Waals surface area contributed by atoms with Gasteiger partial charge in [0.2, 0.25) is 5.75 Å². The van der Waals surface area contributed by atoms with Gasteiger partial charge >= 0.3 is 5.56 Å². The van der Waals surface area contributed by atoms with Crippen molar-refractivity contribution in [2.75, 3.05) is 6.61 Å². The zero-order chi connectivity index (χ0) is 25.2. The Hall–Kier alpha value is -4.30. The van der Waals surface area contributed by atoms with Crippen LogP contribution in [0.3, 0.4) is 0 Å². The zero-order valence-corrected chi connectivity index (χ0v) is 20.8. The first-order valence-electron chi connectivity index (χ1n) is 11.5. The number of nitrogens with two attached hydrogens (primary N) is 1. The summed E-state index contributed by atoms with van der Waals surface area (Å²) in [7, 11) is 1.84. The SMILES string of the molecule is Cc1c(OCC(Oc2cccc3sc(C(=N)N)cc23)c2ccccc2)c(=O)n(-c2ccccc2)n1C. The molecule has 0 saturated carbocycles. The van der Waals surface area contributed by atoms with Crippen LogP contribution in [0.1, 0.15) is 22.2 Å². The lowest BCUT2D eigenvalue weighted by molar-refractivity contribution is 0.130. The molecule has 1 atom stereocenters. The van der Waals surface area contributed by atoms with E-state index in [1.54, 1.807) is 9.36 Å². The van der Waals surface area contributed by atoms with E-state index in [2.05, 4.69) is 0 Å². The predicted octanol–water partition coefficient (Wildman–Crippen LogP) is 5.18. The van der Waals surface area contributed by atoms with Gasteiger partial charge in [0.05, 0.1) is 16.3 Å². The number of para-hydroxylation sites is 1. The molecule has 0 amide bonds. The molecule has 0 saturated heterocycles. The lowest BCUT2D eigenvalue weighted by Gasteiger charge is -2.20. The topological polar surface area (TPSA) is 95.3 Å². The van der Waals surface area contributed by atoms with E-state index in [-0.39, 0.29) is 18.0 Å². The van der Waals surface area contributed by atoms with Gasteiger partial charge in [0.15, 0.2) is 6.10 Å². The third-order valence-corrected chi connectivity index (χ3v) is 7.24. The Morgan fingerprint density at radius 2 is 1.72 bits per heavy atom. The first-order valence-corrected chi connectivity index (χ1v) is 12.3. The molecule has 7 nitrogen and oxygen atoms in total. The maximum atomic E-state index is 13.3. The normalized spacial score (nSPS) is 11.9. The highest BCUT2D eigenvalue weighted by molar-refractivity contribution is 7.20. The van der Waals surface area contributed by atoms with Crippen molar-refractivity contribution >= 4 is 27.3 Å². The summed E-state index contributed by atoms with van der Waals surface area (Å²) in [6.45, 7) is 2.00. The minimum Gasteiger partial charge on any atom is -0.482 e. The molecule has 0 bridgehead atoms. The van der Waals surface area contributed by atoms with Gasteiger partial charge in [-0.15, -0.1) is 11.3 Å². The Labute approximate surface area is 212 Å². The van der Waals surface area contributed by atoms with Crippen LogP contribution in [-0.2, 0) is 7.05 Å². The van der Waals surface area contributed by atoms with Gasteiger partial charge in [-0.1, -0.05) is 54.6 Å². The molecular weight excluding hydrogens is 472 g/mol. The van der Waals surface area contributed by atoms with Crippen molar-refractivity contribution in [2.24, 2.45) is 12.8 Å². The van der Waals surface area contributed by atoms with E-state index < -0.39 is 6.10 Å². The number of ether oxygens (including phenoxy) is 2. The van der Waals surface area contributed by atoms with Gasteiger partial charge in [-0.2, -0.15) is 0 Å². The van der Waals surface area contributed by atoms with Crippen LogP contribution < -0.4 is 20.8 Å². The number of nitrogens with one attached hydrogen (secondary N) is 1. The summed E-state index contributed by atoms with van der Waals surface area (Å²) >= 11 is 1.45. The quantitative estimate of drug-likeness (QED) is 0.228. The number of amidine groups is 1. The standard InChI is InChI=1S/C28H26N4O3S/c1-18-26(28(33)32(31(18)2)20-12-7-4-8-13-20)34-17-23(19-10-5-3-6-11-19)35-22-14-9-15-24-21(22)16-25(36-24)27(29)30/h3-16,23H,17H2,1-2H3,(H3,29,30). The molecule has 0 spiro atoms. The van der Waals surface area contributed by atoms with Crippen molar-refractivity contribution < 1.29 is 9.47 Å². The number of hydrogen-bond donors (Lipinski definition) is 2. The smallest absolute Gasteiger partial charge is 0.314 e. The van der Waals surface area contributed by atoms with Gasteiger partial charge in [-0.05, 0) is 42.8 Å². The number of nitrogen functional groups attached to an aromatic ring is 1. The van der Waals surface area contributed by atoms with Gasteiger partial charge in [0.25, 0.3) is 0 Å². The minimum atomic E-state index is -0.471. The summed E-state index contributed by atoms with van der Waals surface area (Å²) in [5.74, 6) is 0.984. The molecule has 0 aliphatic carbocycles. The Kier molecular flexibility index (Phi) is 6.35.